The maximum atomic E-state index is 12.3. The Morgan fingerprint density at radius 2 is 2.04 bits per heavy atom. The Morgan fingerprint density at radius 1 is 1.27 bits per heavy atom. The number of carbonyl (C=O) groups excluding carboxylic acids is 1. The number of aromatic nitrogens is 2. The molecule has 0 aliphatic rings. The van der Waals surface area contributed by atoms with Crippen molar-refractivity contribution < 1.29 is 14.3 Å². The third-order valence-electron chi connectivity index (χ3n) is 3.65. The van der Waals surface area contributed by atoms with Gasteiger partial charge < -0.3 is 14.8 Å². The number of amides is 1. The fraction of sp³-hybridized carbons (Fsp3) is 0.235. The van der Waals surface area contributed by atoms with Crippen LogP contribution in [0.2, 0.25) is 0 Å². The van der Waals surface area contributed by atoms with Gasteiger partial charge >= 0.3 is 0 Å². The standard InChI is InChI=1S/C17H17N3O4S2/c1-20-16(22)15-11(6-7-25-15)19-17(20)26-9-14(21)18-10-4-5-12(23-2)13(8-10)24-3/h4-8H,9H2,1-3H3,(H,18,21). The van der Waals surface area contributed by atoms with Crippen LogP contribution < -0.4 is 20.3 Å². The van der Waals surface area contributed by atoms with E-state index in [1.807, 2.05) is 5.38 Å². The molecule has 0 radical (unpaired) electrons. The van der Waals surface area contributed by atoms with Crippen molar-refractivity contribution in [3.8, 4) is 11.5 Å². The summed E-state index contributed by atoms with van der Waals surface area (Å²) in [4.78, 5) is 28.9. The van der Waals surface area contributed by atoms with Crippen molar-refractivity contribution in [2.75, 3.05) is 25.3 Å². The number of hydrogen-bond acceptors (Lipinski definition) is 7. The Balaban J connectivity index is 1.70. The minimum Gasteiger partial charge on any atom is -0.493 e. The van der Waals surface area contributed by atoms with Gasteiger partial charge in [-0.25, -0.2) is 4.98 Å². The minimum atomic E-state index is -0.207. The molecule has 0 unspecified atom stereocenters. The lowest BCUT2D eigenvalue weighted by atomic mass is 10.2. The van der Waals surface area contributed by atoms with Crippen molar-refractivity contribution in [1.82, 2.24) is 9.55 Å². The summed E-state index contributed by atoms with van der Waals surface area (Å²) in [7, 11) is 4.74. The maximum absolute atomic E-state index is 12.3. The number of nitrogens with one attached hydrogen (secondary N) is 1. The summed E-state index contributed by atoms with van der Waals surface area (Å²) < 4.78 is 12.5. The van der Waals surface area contributed by atoms with Crippen LogP contribution in [0.4, 0.5) is 5.69 Å². The first-order chi connectivity index (χ1) is 12.5. The van der Waals surface area contributed by atoms with Gasteiger partial charge in [0.05, 0.1) is 25.5 Å². The average Bonchev–Trinajstić information content (AvgIpc) is 3.12. The van der Waals surface area contributed by atoms with Crippen LogP contribution >= 0.6 is 23.1 Å². The number of carbonyl (C=O) groups is 1. The molecular formula is C17H17N3O4S2. The highest BCUT2D eigenvalue weighted by Crippen LogP contribution is 2.30. The molecule has 0 bridgehead atoms. The lowest BCUT2D eigenvalue weighted by Gasteiger charge is -2.11. The van der Waals surface area contributed by atoms with E-state index in [-0.39, 0.29) is 17.2 Å². The highest BCUT2D eigenvalue weighted by Gasteiger charge is 2.12. The first kappa shape index (κ1) is 18.3. The predicted octanol–water partition coefficient (Wildman–Crippen LogP) is 2.74. The Kier molecular flexibility index (Phi) is 5.48. The molecular weight excluding hydrogens is 374 g/mol. The number of thiophene rings is 1. The van der Waals surface area contributed by atoms with Gasteiger partial charge in [0, 0.05) is 18.8 Å². The number of hydrogen-bond donors (Lipinski definition) is 1. The lowest BCUT2D eigenvalue weighted by molar-refractivity contribution is -0.113. The molecule has 2 aromatic heterocycles. The molecule has 3 aromatic rings. The average molecular weight is 391 g/mol. The number of nitrogens with zero attached hydrogens (tertiary/aromatic N) is 2. The zero-order chi connectivity index (χ0) is 18.7. The van der Waals surface area contributed by atoms with Crippen LogP contribution in [0.15, 0.2) is 39.6 Å². The van der Waals surface area contributed by atoms with Gasteiger partial charge in [-0.2, -0.15) is 0 Å². The number of methoxy groups -OCH3 is 2. The van der Waals surface area contributed by atoms with Crippen LogP contribution in [0.25, 0.3) is 10.2 Å². The molecule has 0 spiro atoms. The largest absolute Gasteiger partial charge is 0.493 e. The molecule has 2 heterocycles. The first-order valence-corrected chi connectivity index (χ1v) is 9.49. The molecule has 0 fully saturated rings. The van der Waals surface area contributed by atoms with Gasteiger partial charge in [0.15, 0.2) is 16.7 Å². The molecule has 1 N–H and O–H groups in total. The smallest absolute Gasteiger partial charge is 0.271 e. The fourth-order valence-electron chi connectivity index (χ4n) is 2.34. The fourth-order valence-corrected chi connectivity index (χ4v) is 3.92. The number of rotatable bonds is 6. The molecule has 1 aromatic carbocycles. The molecule has 26 heavy (non-hydrogen) atoms. The van der Waals surface area contributed by atoms with Gasteiger partial charge in [0.1, 0.15) is 4.70 Å². The molecule has 0 saturated heterocycles. The Hall–Kier alpha value is -2.52. The van der Waals surface area contributed by atoms with Gasteiger partial charge in [-0.15, -0.1) is 11.3 Å². The van der Waals surface area contributed by atoms with Crippen molar-refractivity contribution in [1.29, 1.82) is 0 Å². The molecule has 3 rings (SSSR count). The number of thioether (sulfide) groups is 1. The van der Waals surface area contributed by atoms with E-state index in [9.17, 15) is 9.59 Å². The zero-order valence-corrected chi connectivity index (χ0v) is 16.1. The molecule has 136 valence electrons. The molecule has 0 atom stereocenters. The molecule has 1 amide bonds. The van der Waals surface area contributed by atoms with E-state index < -0.39 is 0 Å². The number of benzene rings is 1. The topological polar surface area (TPSA) is 82.5 Å². The van der Waals surface area contributed by atoms with Crippen LogP contribution in [0.1, 0.15) is 0 Å². The lowest BCUT2D eigenvalue weighted by Crippen LogP contribution is -2.20. The van der Waals surface area contributed by atoms with Crippen molar-refractivity contribution >= 4 is 44.9 Å². The first-order valence-electron chi connectivity index (χ1n) is 7.62. The van der Waals surface area contributed by atoms with Crippen molar-refractivity contribution in [2.45, 2.75) is 5.16 Å². The highest BCUT2D eigenvalue weighted by atomic mass is 32.2. The molecule has 7 nitrogen and oxygen atoms in total. The van der Waals surface area contributed by atoms with Gasteiger partial charge in [-0.1, -0.05) is 11.8 Å². The van der Waals surface area contributed by atoms with Crippen LogP contribution in [-0.4, -0.2) is 35.4 Å². The Labute approximate surface area is 158 Å². The monoisotopic (exact) mass is 391 g/mol. The molecule has 0 aliphatic carbocycles. The van der Waals surface area contributed by atoms with Gasteiger partial charge in [-0.3, -0.25) is 14.2 Å². The van der Waals surface area contributed by atoms with E-state index in [0.29, 0.717) is 32.6 Å². The van der Waals surface area contributed by atoms with Crippen LogP contribution in [0.5, 0.6) is 11.5 Å². The second kappa shape index (κ2) is 7.79. The van der Waals surface area contributed by atoms with Crippen LogP contribution in [-0.2, 0) is 11.8 Å². The van der Waals surface area contributed by atoms with E-state index in [0.717, 1.165) is 0 Å². The summed E-state index contributed by atoms with van der Waals surface area (Å²) in [6.07, 6.45) is 0. The summed E-state index contributed by atoms with van der Waals surface area (Å²) in [5, 5.41) is 5.13. The normalized spacial score (nSPS) is 10.7. The number of ether oxygens (including phenoxy) is 2. The van der Waals surface area contributed by atoms with E-state index in [2.05, 4.69) is 10.3 Å². The van der Waals surface area contributed by atoms with Gasteiger partial charge in [-0.05, 0) is 23.6 Å². The molecule has 9 heteroatoms. The van der Waals surface area contributed by atoms with Crippen LogP contribution in [0, 0.1) is 0 Å². The van der Waals surface area contributed by atoms with Crippen molar-refractivity contribution in [3.05, 3.63) is 40.0 Å². The predicted molar refractivity (Wildman–Crippen MR) is 104 cm³/mol. The summed E-state index contributed by atoms with van der Waals surface area (Å²) >= 11 is 2.58. The Morgan fingerprint density at radius 3 is 2.77 bits per heavy atom. The second-order valence-corrected chi connectivity index (χ2v) is 7.16. The highest BCUT2D eigenvalue weighted by molar-refractivity contribution is 7.99. The van der Waals surface area contributed by atoms with E-state index in [4.69, 9.17) is 9.47 Å². The van der Waals surface area contributed by atoms with E-state index >= 15 is 0 Å². The molecule has 0 aliphatic heterocycles. The zero-order valence-electron chi connectivity index (χ0n) is 14.4. The summed E-state index contributed by atoms with van der Waals surface area (Å²) in [6, 6.07) is 6.94. The minimum absolute atomic E-state index is 0.104. The second-order valence-electron chi connectivity index (χ2n) is 5.30. The van der Waals surface area contributed by atoms with Crippen molar-refractivity contribution in [2.24, 2.45) is 7.05 Å². The SMILES string of the molecule is COc1ccc(NC(=O)CSc2nc3ccsc3c(=O)n2C)cc1OC. The number of fused-ring (bicyclic) bond motifs is 1. The summed E-state index contributed by atoms with van der Waals surface area (Å²) in [5.74, 6) is 1.04. The summed E-state index contributed by atoms with van der Waals surface area (Å²) in [6.45, 7) is 0. The maximum Gasteiger partial charge on any atom is 0.271 e. The quantitative estimate of drug-likeness (QED) is 0.514. The third-order valence-corrected chi connectivity index (χ3v) is 5.57. The van der Waals surface area contributed by atoms with Crippen LogP contribution in [0.3, 0.4) is 0 Å². The Bertz CT molecular complexity index is 1010. The van der Waals surface area contributed by atoms with E-state index in [1.54, 1.807) is 38.4 Å². The molecule has 0 saturated carbocycles. The van der Waals surface area contributed by atoms with E-state index in [1.165, 1.54) is 34.8 Å². The van der Waals surface area contributed by atoms with Gasteiger partial charge in [0.2, 0.25) is 5.91 Å². The van der Waals surface area contributed by atoms with Crippen molar-refractivity contribution in [3.63, 3.8) is 0 Å². The number of anilines is 1. The van der Waals surface area contributed by atoms with Gasteiger partial charge in [0.25, 0.3) is 5.56 Å². The third kappa shape index (κ3) is 3.68. The summed E-state index contributed by atoms with van der Waals surface area (Å²) in [5.41, 5.74) is 1.15.